The van der Waals surface area contributed by atoms with Crippen molar-refractivity contribution in [3.05, 3.63) is 35.5 Å². The van der Waals surface area contributed by atoms with Crippen LogP contribution in [0.2, 0.25) is 0 Å². The van der Waals surface area contributed by atoms with E-state index in [1.54, 1.807) is 18.3 Å². The van der Waals surface area contributed by atoms with Crippen molar-refractivity contribution >= 4 is 33.2 Å². The number of nitrogens with zero attached hydrogens (tertiary/aromatic N) is 4. The van der Waals surface area contributed by atoms with E-state index in [9.17, 15) is 13.2 Å². The molecular formula is C31H43N5O4S. The second kappa shape index (κ2) is 9.74. The molecule has 10 heteroatoms. The molecule has 41 heavy (non-hydrogen) atoms. The predicted octanol–water partition coefficient (Wildman–Crippen LogP) is 4.76. The van der Waals surface area contributed by atoms with Crippen molar-refractivity contribution in [1.29, 1.82) is 0 Å². The fraction of sp³-hybridized carbons (Fsp3) is 0.645. The number of benzene rings is 1. The second-order valence-corrected chi connectivity index (χ2v) is 15.7. The van der Waals surface area contributed by atoms with Crippen LogP contribution in [0, 0.1) is 12.3 Å². The monoisotopic (exact) mass is 581 g/mol. The summed E-state index contributed by atoms with van der Waals surface area (Å²) in [6, 6.07) is 6.01. The molecule has 4 fully saturated rings. The number of aromatic nitrogens is 2. The van der Waals surface area contributed by atoms with Gasteiger partial charge in [-0.05, 0) is 102 Å². The standard InChI is InChI=1S/C31H41N5O4S.H2/c1-20(2)35-12-10-30(11-13-35)15-24(16-30)41(38,39)23-8-9-26(21(3)14-23)33-29-32-17-25-27(34-29)36(22-6-4-5-7-22)28(37)31(25)18-40-19-31;/h8-9,14,17,20,22,24H,4-7,10-13,15-16,18-19H2,1-3H3,(H,32,33,34);1H. The molecule has 0 atom stereocenters. The summed E-state index contributed by atoms with van der Waals surface area (Å²) in [7, 11) is -3.39. The average molecular weight is 582 g/mol. The maximum Gasteiger partial charge on any atom is 0.244 e. The first kappa shape index (κ1) is 27.3. The topological polar surface area (TPSA) is 105 Å². The zero-order valence-electron chi connectivity index (χ0n) is 24.4. The van der Waals surface area contributed by atoms with Crippen LogP contribution < -0.4 is 10.2 Å². The minimum atomic E-state index is -3.39. The fourth-order valence-corrected chi connectivity index (χ4v) is 9.93. The number of hydrogen-bond donors (Lipinski definition) is 1. The number of hydrogen-bond acceptors (Lipinski definition) is 8. The Morgan fingerprint density at radius 2 is 1.83 bits per heavy atom. The quantitative estimate of drug-likeness (QED) is 0.521. The molecule has 0 radical (unpaired) electrons. The number of anilines is 3. The molecule has 2 aliphatic carbocycles. The van der Waals surface area contributed by atoms with Crippen molar-refractivity contribution < 1.29 is 19.4 Å². The minimum Gasteiger partial charge on any atom is -0.378 e. The number of sulfone groups is 1. The second-order valence-electron chi connectivity index (χ2n) is 13.4. The normalized spacial score (nSPS) is 24.2. The number of amides is 1. The summed E-state index contributed by atoms with van der Waals surface area (Å²) < 4.78 is 32.6. The predicted molar refractivity (Wildman–Crippen MR) is 159 cm³/mol. The van der Waals surface area contributed by atoms with E-state index in [4.69, 9.17) is 9.72 Å². The van der Waals surface area contributed by atoms with Crippen LogP contribution in [-0.4, -0.2) is 72.8 Å². The number of aryl methyl sites for hydroxylation is 1. The Kier molecular flexibility index (Phi) is 6.48. The summed E-state index contributed by atoms with van der Waals surface area (Å²) in [5, 5.41) is 3.00. The molecule has 2 saturated carbocycles. The number of likely N-dealkylation sites (tertiary alicyclic amines) is 1. The number of piperidine rings is 1. The van der Waals surface area contributed by atoms with E-state index in [0.717, 1.165) is 81.3 Å². The lowest BCUT2D eigenvalue weighted by Crippen LogP contribution is -2.55. The highest BCUT2D eigenvalue weighted by Crippen LogP contribution is 2.53. The van der Waals surface area contributed by atoms with Gasteiger partial charge >= 0.3 is 0 Å². The van der Waals surface area contributed by atoms with E-state index in [2.05, 4.69) is 29.0 Å². The Morgan fingerprint density at radius 1 is 1.12 bits per heavy atom. The third kappa shape index (κ3) is 4.31. The van der Waals surface area contributed by atoms with E-state index >= 15 is 0 Å². The van der Waals surface area contributed by atoms with Gasteiger partial charge in [-0.2, -0.15) is 4.98 Å². The molecule has 7 rings (SSSR count). The van der Waals surface area contributed by atoms with Crippen LogP contribution in [0.1, 0.15) is 77.8 Å². The van der Waals surface area contributed by atoms with E-state index in [1.807, 2.05) is 17.9 Å². The third-order valence-corrected chi connectivity index (χ3v) is 12.8. The molecular weight excluding hydrogens is 538 g/mol. The summed E-state index contributed by atoms with van der Waals surface area (Å²) in [5.41, 5.74) is 1.99. The van der Waals surface area contributed by atoms with Gasteiger partial charge in [0.05, 0.1) is 23.4 Å². The molecule has 4 heterocycles. The van der Waals surface area contributed by atoms with Crippen LogP contribution in [0.4, 0.5) is 17.5 Å². The van der Waals surface area contributed by atoms with Gasteiger partial charge in [0.2, 0.25) is 11.9 Å². The van der Waals surface area contributed by atoms with Gasteiger partial charge in [-0.1, -0.05) is 12.8 Å². The van der Waals surface area contributed by atoms with Crippen molar-refractivity contribution in [1.82, 2.24) is 14.9 Å². The average Bonchev–Trinajstić information content (AvgIpc) is 3.51. The van der Waals surface area contributed by atoms with Gasteiger partial charge in [-0.3, -0.25) is 9.69 Å². The van der Waals surface area contributed by atoms with E-state index < -0.39 is 15.3 Å². The molecule has 0 unspecified atom stereocenters. The van der Waals surface area contributed by atoms with Crippen molar-refractivity contribution in [2.75, 3.05) is 36.5 Å². The number of carbonyl (C=O) groups excluding carboxylic acids is 1. The van der Waals surface area contributed by atoms with Crippen LogP contribution in [0.5, 0.6) is 0 Å². The molecule has 222 valence electrons. The fourth-order valence-electron chi connectivity index (χ4n) is 7.80. The van der Waals surface area contributed by atoms with Crippen molar-refractivity contribution in [2.24, 2.45) is 5.41 Å². The first-order valence-electron chi connectivity index (χ1n) is 15.3. The number of carbonyl (C=O) groups is 1. The number of nitrogens with one attached hydrogen (secondary N) is 1. The van der Waals surface area contributed by atoms with Crippen LogP contribution in [0.25, 0.3) is 0 Å². The molecule has 2 spiro atoms. The van der Waals surface area contributed by atoms with Crippen molar-refractivity contribution in [2.45, 2.75) is 99.8 Å². The van der Waals surface area contributed by atoms with Crippen LogP contribution >= 0.6 is 0 Å². The highest BCUT2D eigenvalue weighted by molar-refractivity contribution is 7.92. The highest BCUT2D eigenvalue weighted by Gasteiger charge is 2.58. The molecule has 1 aromatic carbocycles. The van der Waals surface area contributed by atoms with Gasteiger partial charge in [0.15, 0.2) is 9.84 Å². The minimum absolute atomic E-state index is 0. The van der Waals surface area contributed by atoms with E-state index in [-0.39, 0.29) is 24.0 Å². The van der Waals surface area contributed by atoms with E-state index in [0.29, 0.717) is 35.9 Å². The summed E-state index contributed by atoms with van der Waals surface area (Å²) in [4.78, 5) is 27.7. The maximum absolute atomic E-state index is 13.5. The Bertz CT molecular complexity index is 1470. The number of ether oxygens (including phenoxy) is 1. The Hall–Kier alpha value is -2.56. The van der Waals surface area contributed by atoms with Crippen molar-refractivity contribution in [3.8, 4) is 0 Å². The Balaban J connectivity index is 0.00000316. The molecule has 1 aromatic heterocycles. The van der Waals surface area contributed by atoms with Crippen LogP contribution in [0.15, 0.2) is 29.3 Å². The zero-order valence-corrected chi connectivity index (χ0v) is 25.2. The number of rotatable bonds is 6. The van der Waals surface area contributed by atoms with Crippen molar-refractivity contribution in [3.63, 3.8) is 0 Å². The van der Waals surface area contributed by atoms with Gasteiger partial charge < -0.3 is 15.0 Å². The van der Waals surface area contributed by atoms with Gasteiger partial charge in [-0.25, -0.2) is 13.4 Å². The summed E-state index contributed by atoms with van der Waals surface area (Å²) in [6.07, 6.45) is 9.72. The first-order valence-corrected chi connectivity index (χ1v) is 16.8. The first-order chi connectivity index (χ1) is 19.6. The summed E-state index contributed by atoms with van der Waals surface area (Å²) in [6.45, 7) is 9.27. The molecule has 3 aliphatic heterocycles. The van der Waals surface area contributed by atoms with Crippen LogP contribution in [-0.2, 0) is 24.8 Å². The van der Waals surface area contributed by atoms with Gasteiger partial charge in [0.25, 0.3) is 0 Å². The lowest BCUT2D eigenvalue weighted by Gasteiger charge is -2.52. The SMILES string of the molecule is Cc1cc(S(=O)(=O)C2CC3(CCN(C(C)C)CC3)C2)ccc1Nc1ncc2c(n1)N(C1CCCC1)C(=O)C21COC1.[HH]. The Morgan fingerprint density at radius 3 is 2.44 bits per heavy atom. The third-order valence-electron chi connectivity index (χ3n) is 10.6. The van der Waals surface area contributed by atoms with Gasteiger partial charge in [0.1, 0.15) is 11.2 Å². The summed E-state index contributed by atoms with van der Waals surface area (Å²) in [5.74, 6) is 1.19. The smallest absolute Gasteiger partial charge is 0.244 e. The molecule has 1 amide bonds. The zero-order chi connectivity index (χ0) is 28.6. The largest absolute Gasteiger partial charge is 0.378 e. The molecule has 1 N–H and O–H groups in total. The lowest BCUT2D eigenvalue weighted by molar-refractivity contribution is -0.140. The molecule has 0 bridgehead atoms. The summed E-state index contributed by atoms with van der Waals surface area (Å²) >= 11 is 0. The lowest BCUT2D eigenvalue weighted by atomic mass is 9.63. The van der Waals surface area contributed by atoms with E-state index in [1.165, 1.54) is 0 Å². The molecule has 9 nitrogen and oxygen atoms in total. The molecule has 5 aliphatic rings. The maximum atomic E-state index is 13.5. The molecule has 2 saturated heterocycles. The van der Waals surface area contributed by atoms with Crippen LogP contribution in [0.3, 0.4) is 0 Å². The number of fused-ring (bicyclic) bond motifs is 2. The van der Waals surface area contributed by atoms with Gasteiger partial charge in [-0.15, -0.1) is 0 Å². The Labute approximate surface area is 244 Å². The highest BCUT2D eigenvalue weighted by atomic mass is 32.2. The molecule has 2 aromatic rings. The van der Waals surface area contributed by atoms with Gasteiger partial charge in [0, 0.05) is 31.0 Å².